The lowest BCUT2D eigenvalue weighted by atomic mass is 10.1. The van der Waals surface area contributed by atoms with Gasteiger partial charge in [0.2, 0.25) is 0 Å². The van der Waals surface area contributed by atoms with Crippen molar-refractivity contribution in [2.45, 2.75) is 6.92 Å². The molecule has 0 saturated carbocycles. The first kappa shape index (κ1) is 21.6. The van der Waals surface area contributed by atoms with E-state index in [-0.39, 0.29) is 5.91 Å². The highest BCUT2D eigenvalue weighted by molar-refractivity contribution is 6.08. The molecule has 168 valence electrons. The molecule has 0 bridgehead atoms. The topological polar surface area (TPSA) is 94.8 Å². The van der Waals surface area contributed by atoms with Gasteiger partial charge in [-0.1, -0.05) is 12.1 Å². The molecule has 3 aromatic rings. The Morgan fingerprint density at radius 1 is 1.03 bits per heavy atom. The Kier molecular flexibility index (Phi) is 6.00. The Morgan fingerprint density at radius 3 is 2.31 bits per heavy atom. The maximum Gasteiger partial charge on any atom is 0.316 e. The van der Waals surface area contributed by atoms with Crippen LogP contribution in [0.2, 0.25) is 0 Å². The van der Waals surface area contributed by atoms with Crippen molar-refractivity contribution in [1.82, 2.24) is 9.13 Å². The minimum absolute atomic E-state index is 0.322. The van der Waals surface area contributed by atoms with E-state index in [2.05, 4.69) is 10.2 Å². The van der Waals surface area contributed by atoms with Crippen LogP contribution >= 0.6 is 0 Å². The van der Waals surface area contributed by atoms with Gasteiger partial charge >= 0.3 is 11.1 Å². The zero-order valence-corrected chi connectivity index (χ0v) is 18.4. The monoisotopic (exact) mass is 438 g/mol. The van der Waals surface area contributed by atoms with E-state index >= 15 is 0 Å². The molecule has 0 spiro atoms. The zero-order valence-electron chi connectivity index (χ0n) is 18.4. The Hall–Kier alpha value is -3.59. The predicted molar refractivity (Wildman–Crippen MR) is 123 cm³/mol. The third-order valence-corrected chi connectivity index (χ3v) is 5.64. The van der Waals surface area contributed by atoms with Crippen molar-refractivity contribution in [1.29, 1.82) is 0 Å². The number of aryl methyl sites for hydroxylation is 2. The van der Waals surface area contributed by atoms with Gasteiger partial charge in [-0.25, -0.2) is 0 Å². The van der Waals surface area contributed by atoms with Crippen molar-refractivity contribution in [3.05, 3.63) is 62.7 Å². The lowest BCUT2D eigenvalue weighted by Crippen LogP contribution is -2.40. The Labute approximate surface area is 184 Å². The van der Waals surface area contributed by atoms with Gasteiger partial charge in [-0.2, -0.15) is 0 Å². The largest absolute Gasteiger partial charge is 0.493 e. The van der Waals surface area contributed by atoms with Gasteiger partial charge in [-0.3, -0.25) is 14.4 Å². The molecule has 0 aliphatic carbocycles. The second kappa shape index (κ2) is 8.88. The summed E-state index contributed by atoms with van der Waals surface area (Å²) in [6.07, 6.45) is 0. The standard InChI is InChI=1S/C23H26N4O5/c1-4-32-20-8-6-5-7-15(20)21(28)24-16-13-18-19(26(3)23(30)22(29)25(18)2)14-17(16)27-9-11-31-12-10-27/h5-8,13-14H,4,9-12H2,1-3H3,(H,24,28). The summed E-state index contributed by atoms with van der Waals surface area (Å²) in [5.41, 5.74) is 1.64. The molecule has 1 aliphatic heterocycles. The highest BCUT2D eigenvalue weighted by Gasteiger charge is 2.21. The van der Waals surface area contributed by atoms with Crippen LogP contribution in [0, 0.1) is 0 Å². The maximum absolute atomic E-state index is 13.2. The fourth-order valence-corrected chi connectivity index (χ4v) is 3.90. The maximum atomic E-state index is 13.2. The molecule has 1 N–H and O–H groups in total. The minimum Gasteiger partial charge on any atom is -0.493 e. The lowest BCUT2D eigenvalue weighted by Gasteiger charge is -2.31. The molecule has 1 fully saturated rings. The van der Waals surface area contributed by atoms with E-state index in [9.17, 15) is 14.4 Å². The lowest BCUT2D eigenvalue weighted by molar-refractivity contribution is 0.102. The Morgan fingerprint density at radius 2 is 1.66 bits per heavy atom. The molecule has 9 heteroatoms. The normalized spacial score (nSPS) is 13.9. The van der Waals surface area contributed by atoms with Crippen LogP contribution < -0.4 is 26.1 Å². The van der Waals surface area contributed by atoms with Crippen molar-refractivity contribution in [3.8, 4) is 5.75 Å². The predicted octanol–water partition coefficient (Wildman–Crippen LogP) is 1.72. The number of anilines is 2. The summed E-state index contributed by atoms with van der Waals surface area (Å²) in [4.78, 5) is 40.0. The van der Waals surface area contributed by atoms with Crippen LogP contribution in [0.3, 0.4) is 0 Å². The number of rotatable bonds is 5. The molecule has 1 aromatic heterocycles. The van der Waals surface area contributed by atoms with E-state index in [1.165, 1.54) is 9.13 Å². The number of fused-ring (bicyclic) bond motifs is 1. The van der Waals surface area contributed by atoms with E-state index in [0.717, 1.165) is 5.69 Å². The van der Waals surface area contributed by atoms with Crippen LogP contribution in [0.1, 0.15) is 17.3 Å². The molecule has 0 unspecified atom stereocenters. The zero-order chi connectivity index (χ0) is 22.8. The van der Waals surface area contributed by atoms with Gasteiger partial charge < -0.3 is 28.8 Å². The number of carbonyl (C=O) groups excluding carboxylic acids is 1. The first-order valence-electron chi connectivity index (χ1n) is 10.5. The van der Waals surface area contributed by atoms with E-state index in [1.54, 1.807) is 38.4 Å². The van der Waals surface area contributed by atoms with Gasteiger partial charge in [0.15, 0.2) is 0 Å². The third-order valence-electron chi connectivity index (χ3n) is 5.64. The molecular formula is C23H26N4O5. The number of ether oxygens (including phenoxy) is 2. The van der Waals surface area contributed by atoms with Gasteiger partial charge in [0.25, 0.3) is 5.91 Å². The number of carbonyl (C=O) groups is 1. The fourth-order valence-electron chi connectivity index (χ4n) is 3.90. The summed E-state index contributed by atoms with van der Waals surface area (Å²) in [5.74, 6) is 0.175. The number of hydrogen-bond donors (Lipinski definition) is 1. The number of hydrogen-bond acceptors (Lipinski definition) is 6. The van der Waals surface area contributed by atoms with Crippen molar-refractivity contribution in [2.75, 3.05) is 43.1 Å². The molecule has 2 heterocycles. The Balaban J connectivity index is 1.86. The number of nitrogens with zero attached hydrogens (tertiary/aromatic N) is 3. The van der Waals surface area contributed by atoms with Crippen LogP contribution in [0.25, 0.3) is 11.0 Å². The average molecular weight is 438 g/mol. The van der Waals surface area contributed by atoms with Crippen molar-refractivity contribution in [2.24, 2.45) is 14.1 Å². The van der Waals surface area contributed by atoms with Gasteiger partial charge in [0, 0.05) is 27.2 Å². The fraction of sp³-hybridized carbons (Fsp3) is 0.348. The molecule has 1 amide bonds. The van der Waals surface area contributed by atoms with Crippen LogP contribution in [0.4, 0.5) is 11.4 Å². The number of aromatic nitrogens is 2. The quantitative estimate of drug-likeness (QED) is 0.610. The number of benzene rings is 2. The van der Waals surface area contributed by atoms with E-state index < -0.39 is 11.1 Å². The SMILES string of the molecule is CCOc1ccccc1C(=O)Nc1cc2c(cc1N1CCOCC1)n(C)c(=O)c(=O)n2C. The van der Waals surface area contributed by atoms with E-state index in [1.807, 2.05) is 19.1 Å². The van der Waals surface area contributed by atoms with Crippen molar-refractivity contribution in [3.63, 3.8) is 0 Å². The van der Waals surface area contributed by atoms with Gasteiger partial charge in [0.05, 0.1) is 47.8 Å². The molecule has 9 nitrogen and oxygen atoms in total. The molecule has 2 aromatic carbocycles. The summed E-state index contributed by atoms with van der Waals surface area (Å²) in [7, 11) is 3.13. The summed E-state index contributed by atoms with van der Waals surface area (Å²) < 4.78 is 13.7. The number of para-hydroxylation sites is 1. The first-order chi connectivity index (χ1) is 15.4. The van der Waals surface area contributed by atoms with E-state index in [4.69, 9.17) is 9.47 Å². The van der Waals surface area contributed by atoms with Crippen LogP contribution in [0.15, 0.2) is 46.0 Å². The van der Waals surface area contributed by atoms with Crippen LogP contribution in [-0.2, 0) is 18.8 Å². The second-order valence-corrected chi connectivity index (χ2v) is 7.57. The molecule has 0 atom stereocenters. The highest BCUT2D eigenvalue weighted by Crippen LogP contribution is 2.32. The van der Waals surface area contributed by atoms with Crippen LogP contribution in [0.5, 0.6) is 5.75 Å². The number of morpholine rings is 1. The highest BCUT2D eigenvalue weighted by atomic mass is 16.5. The molecule has 32 heavy (non-hydrogen) atoms. The Bertz CT molecular complexity index is 1290. The molecule has 1 saturated heterocycles. The summed E-state index contributed by atoms with van der Waals surface area (Å²) >= 11 is 0. The summed E-state index contributed by atoms with van der Waals surface area (Å²) in [6.45, 7) is 4.71. The number of nitrogens with one attached hydrogen (secondary N) is 1. The van der Waals surface area contributed by atoms with Crippen molar-refractivity contribution >= 4 is 28.3 Å². The molecule has 0 radical (unpaired) electrons. The first-order valence-corrected chi connectivity index (χ1v) is 10.5. The molecule has 4 rings (SSSR count). The minimum atomic E-state index is -0.627. The smallest absolute Gasteiger partial charge is 0.316 e. The molecule has 1 aliphatic rings. The third kappa shape index (κ3) is 3.87. The van der Waals surface area contributed by atoms with Gasteiger partial charge in [-0.15, -0.1) is 0 Å². The molecular weight excluding hydrogens is 412 g/mol. The average Bonchev–Trinajstić information content (AvgIpc) is 2.82. The van der Waals surface area contributed by atoms with E-state index in [0.29, 0.717) is 60.9 Å². The summed E-state index contributed by atoms with van der Waals surface area (Å²) in [5, 5.41) is 2.99. The second-order valence-electron chi connectivity index (χ2n) is 7.57. The van der Waals surface area contributed by atoms with Crippen molar-refractivity contribution < 1.29 is 14.3 Å². The summed E-state index contributed by atoms with van der Waals surface area (Å²) in [6, 6.07) is 10.6. The van der Waals surface area contributed by atoms with Gasteiger partial charge in [-0.05, 0) is 31.2 Å². The number of amides is 1. The van der Waals surface area contributed by atoms with Crippen LogP contribution in [-0.4, -0.2) is 48.0 Å². The van der Waals surface area contributed by atoms with Gasteiger partial charge in [0.1, 0.15) is 5.75 Å².